The summed E-state index contributed by atoms with van der Waals surface area (Å²) in [6.45, 7) is 10.2. The van der Waals surface area contributed by atoms with Gasteiger partial charge in [-0.2, -0.15) is 5.10 Å². The van der Waals surface area contributed by atoms with Crippen molar-refractivity contribution in [2.75, 3.05) is 44.2 Å². The van der Waals surface area contributed by atoms with Crippen LogP contribution in [0.4, 0.5) is 5.69 Å². The van der Waals surface area contributed by atoms with Crippen molar-refractivity contribution >= 4 is 22.6 Å². The van der Waals surface area contributed by atoms with E-state index in [4.69, 9.17) is 0 Å². The average molecular weight is 393 g/mol. The fraction of sp³-hybridized carbons (Fsp3) is 0.409. The molecule has 0 saturated carbocycles. The van der Waals surface area contributed by atoms with Gasteiger partial charge in [0, 0.05) is 56.9 Å². The van der Waals surface area contributed by atoms with E-state index in [1.165, 1.54) is 5.69 Å². The van der Waals surface area contributed by atoms with Gasteiger partial charge in [-0.25, -0.2) is 9.67 Å². The standard InChI is InChI=1S/C22H28N6O/c1-3-28-21-18(16-24-28)15-20(17(2)25-21)22(29)23-9-10-26-11-13-27(14-12-26)19-7-5-4-6-8-19/h4-8,15-16H,3,9-14H2,1-2H3,(H,23,29). The number of nitrogens with zero attached hydrogens (tertiary/aromatic N) is 5. The summed E-state index contributed by atoms with van der Waals surface area (Å²) < 4.78 is 1.85. The molecule has 7 nitrogen and oxygen atoms in total. The molecule has 7 heteroatoms. The third kappa shape index (κ3) is 4.24. The van der Waals surface area contributed by atoms with E-state index in [-0.39, 0.29) is 5.91 Å². The summed E-state index contributed by atoms with van der Waals surface area (Å²) in [4.78, 5) is 22.1. The van der Waals surface area contributed by atoms with Gasteiger partial charge in [0.2, 0.25) is 0 Å². The largest absolute Gasteiger partial charge is 0.369 e. The first kappa shape index (κ1) is 19.4. The van der Waals surface area contributed by atoms with Crippen molar-refractivity contribution in [3.63, 3.8) is 0 Å². The topological polar surface area (TPSA) is 66.3 Å². The molecule has 0 bridgehead atoms. The van der Waals surface area contributed by atoms with Gasteiger partial charge in [0.15, 0.2) is 5.65 Å². The summed E-state index contributed by atoms with van der Waals surface area (Å²) in [7, 11) is 0. The summed E-state index contributed by atoms with van der Waals surface area (Å²) in [5.74, 6) is -0.0657. The van der Waals surface area contributed by atoms with Gasteiger partial charge in [-0.3, -0.25) is 9.69 Å². The van der Waals surface area contributed by atoms with E-state index < -0.39 is 0 Å². The van der Waals surface area contributed by atoms with Gasteiger partial charge in [-0.1, -0.05) is 18.2 Å². The first-order valence-corrected chi connectivity index (χ1v) is 10.3. The van der Waals surface area contributed by atoms with E-state index in [0.29, 0.717) is 12.1 Å². The van der Waals surface area contributed by atoms with Gasteiger partial charge in [0.1, 0.15) is 0 Å². The maximum atomic E-state index is 12.7. The first-order chi connectivity index (χ1) is 14.2. The predicted octanol–water partition coefficient (Wildman–Crippen LogP) is 2.31. The number of hydrogen-bond acceptors (Lipinski definition) is 5. The molecule has 152 valence electrons. The zero-order valence-corrected chi connectivity index (χ0v) is 17.1. The van der Waals surface area contributed by atoms with Crippen LogP contribution in [0.2, 0.25) is 0 Å². The number of fused-ring (bicyclic) bond motifs is 1. The number of aryl methyl sites for hydroxylation is 2. The van der Waals surface area contributed by atoms with Crippen LogP contribution in [0, 0.1) is 6.92 Å². The van der Waals surface area contributed by atoms with E-state index in [9.17, 15) is 4.79 Å². The molecule has 4 rings (SSSR count). The molecule has 0 atom stereocenters. The monoisotopic (exact) mass is 392 g/mol. The maximum Gasteiger partial charge on any atom is 0.253 e. The highest BCUT2D eigenvalue weighted by Gasteiger charge is 2.18. The van der Waals surface area contributed by atoms with Gasteiger partial charge in [0.05, 0.1) is 17.5 Å². The zero-order chi connectivity index (χ0) is 20.2. The fourth-order valence-electron chi connectivity index (χ4n) is 3.85. The molecular weight excluding hydrogens is 364 g/mol. The highest BCUT2D eigenvalue weighted by Crippen LogP contribution is 2.17. The summed E-state index contributed by atoms with van der Waals surface area (Å²) in [6, 6.07) is 12.4. The molecule has 0 spiro atoms. The molecule has 0 radical (unpaired) electrons. The van der Waals surface area contributed by atoms with Gasteiger partial charge < -0.3 is 10.2 Å². The van der Waals surface area contributed by atoms with Crippen molar-refractivity contribution in [1.29, 1.82) is 0 Å². The van der Waals surface area contributed by atoms with Crippen molar-refractivity contribution in [3.05, 3.63) is 53.9 Å². The highest BCUT2D eigenvalue weighted by atomic mass is 16.1. The lowest BCUT2D eigenvalue weighted by Gasteiger charge is -2.36. The van der Waals surface area contributed by atoms with Gasteiger partial charge in [-0.15, -0.1) is 0 Å². The quantitative estimate of drug-likeness (QED) is 0.697. The number of hydrogen-bond donors (Lipinski definition) is 1. The fourth-order valence-corrected chi connectivity index (χ4v) is 3.85. The van der Waals surface area contributed by atoms with Crippen molar-refractivity contribution in [1.82, 2.24) is 25.0 Å². The second kappa shape index (κ2) is 8.61. The lowest BCUT2D eigenvalue weighted by Crippen LogP contribution is -2.48. The van der Waals surface area contributed by atoms with Crippen molar-refractivity contribution in [2.45, 2.75) is 20.4 Å². The molecule has 1 amide bonds. The first-order valence-electron chi connectivity index (χ1n) is 10.3. The second-order valence-corrected chi connectivity index (χ2v) is 7.41. The molecule has 29 heavy (non-hydrogen) atoms. The SMILES string of the molecule is CCn1ncc2cc(C(=O)NCCN3CCN(c4ccccc4)CC3)c(C)nc21. The summed E-state index contributed by atoms with van der Waals surface area (Å²) in [6.07, 6.45) is 1.77. The number of rotatable bonds is 6. The minimum absolute atomic E-state index is 0.0657. The minimum Gasteiger partial charge on any atom is -0.369 e. The van der Waals surface area contributed by atoms with Crippen molar-refractivity contribution in [2.24, 2.45) is 0 Å². The molecular formula is C22H28N6O. The number of piperazine rings is 1. The molecule has 3 heterocycles. The van der Waals surface area contributed by atoms with Crippen LogP contribution in [0.3, 0.4) is 0 Å². The molecule has 3 aromatic rings. The Kier molecular flexibility index (Phi) is 5.76. The van der Waals surface area contributed by atoms with Gasteiger partial charge in [0.25, 0.3) is 5.91 Å². The van der Waals surface area contributed by atoms with Crippen LogP contribution in [0.25, 0.3) is 11.0 Å². The Balaban J connectivity index is 1.28. The number of aromatic nitrogens is 3. The Morgan fingerprint density at radius 3 is 2.62 bits per heavy atom. The molecule has 1 fully saturated rings. The Morgan fingerprint density at radius 2 is 1.90 bits per heavy atom. The third-order valence-corrected chi connectivity index (χ3v) is 5.55. The van der Waals surface area contributed by atoms with Crippen LogP contribution < -0.4 is 10.2 Å². The molecule has 1 N–H and O–H groups in total. The van der Waals surface area contributed by atoms with Crippen molar-refractivity contribution in [3.8, 4) is 0 Å². The molecule has 0 unspecified atom stereocenters. The predicted molar refractivity (Wildman–Crippen MR) is 115 cm³/mol. The number of anilines is 1. The van der Waals surface area contributed by atoms with Crippen LogP contribution in [0.15, 0.2) is 42.6 Å². The minimum atomic E-state index is -0.0657. The van der Waals surface area contributed by atoms with E-state index in [2.05, 4.69) is 49.5 Å². The molecule has 0 aliphatic carbocycles. The molecule has 2 aromatic heterocycles. The van der Waals surface area contributed by atoms with E-state index in [0.717, 1.165) is 56.0 Å². The Bertz CT molecular complexity index is 976. The third-order valence-electron chi connectivity index (χ3n) is 5.55. The lowest BCUT2D eigenvalue weighted by molar-refractivity contribution is 0.0947. The second-order valence-electron chi connectivity index (χ2n) is 7.41. The van der Waals surface area contributed by atoms with E-state index in [1.807, 2.05) is 30.7 Å². The van der Waals surface area contributed by atoms with Gasteiger partial charge in [-0.05, 0) is 32.0 Å². The van der Waals surface area contributed by atoms with Crippen LogP contribution in [-0.2, 0) is 6.54 Å². The number of amides is 1. The highest BCUT2D eigenvalue weighted by molar-refractivity contribution is 5.98. The summed E-state index contributed by atoms with van der Waals surface area (Å²) in [5, 5.41) is 8.27. The molecule has 1 saturated heterocycles. The van der Waals surface area contributed by atoms with Crippen LogP contribution in [0.5, 0.6) is 0 Å². The maximum absolute atomic E-state index is 12.7. The number of carbonyl (C=O) groups is 1. The summed E-state index contributed by atoms with van der Waals surface area (Å²) >= 11 is 0. The van der Waals surface area contributed by atoms with Gasteiger partial charge >= 0.3 is 0 Å². The number of para-hydroxylation sites is 1. The smallest absolute Gasteiger partial charge is 0.253 e. The molecule has 1 aliphatic rings. The van der Waals surface area contributed by atoms with E-state index in [1.54, 1.807) is 6.20 Å². The normalized spacial score (nSPS) is 15.0. The Hall–Kier alpha value is -2.93. The van der Waals surface area contributed by atoms with Crippen LogP contribution in [0.1, 0.15) is 23.0 Å². The summed E-state index contributed by atoms with van der Waals surface area (Å²) in [5.41, 5.74) is 3.48. The average Bonchev–Trinajstić information content (AvgIpc) is 3.16. The lowest BCUT2D eigenvalue weighted by atomic mass is 10.1. The van der Waals surface area contributed by atoms with E-state index >= 15 is 0 Å². The molecule has 1 aromatic carbocycles. The van der Waals surface area contributed by atoms with Crippen molar-refractivity contribution < 1.29 is 4.79 Å². The molecule has 1 aliphatic heterocycles. The van der Waals surface area contributed by atoms with Crippen LogP contribution in [-0.4, -0.2) is 64.8 Å². The number of nitrogens with one attached hydrogen (secondary N) is 1. The number of benzene rings is 1. The number of pyridine rings is 1. The Labute approximate surface area is 171 Å². The number of carbonyl (C=O) groups excluding carboxylic acids is 1. The zero-order valence-electron chi connectivity index (χ0n) is 17.1. The Morgan fingerprint density at radius 1 is 1.14 bits per heavy atom. The van der Waals surface area contributed by atoms with Crippen LogP contribution >= 0.6 is 0 Å².